The molecular weight excluding hydrogens is 436 g/mol. The number of anilines is 1. The number of fused-ring (bicyclic) bond motifs is 2. The first-order chi connectivity index (χ1) is 13.6. The number of aryl methyl sites for hydroxylation is 2. The molecule has 0 fully saturated rings. The van der Waals surface area contributed by atoms with Crippen LogP contribution >= 0.6 is 27.3 Å². The highest BCUT2D eigenvalue weighted by Gasteiger charge is 2.32. The average molecular weight is 455 g/mol. The summed E-state index contributed by atoms with van der Waals surface area (Å²) in [6.45, 7) is 2.77. The zero-order valence-corrected chi connectivity index (χ0v) is 17.7. The van der Waals surface area contributed by atoms with Crippen molar-refractivity contribution in [2.75, 3.05) is 11.4 Å². The van der Waals surface area contributed by atoms with E-state index in [1.807, 2.05) is 6.92 Å². The summed E-state index contributed by atoms with van der Waals surface area (Å²) in [5, 5.41) is 15.4. The Morgan fingerprint density at radius 1 is 1.14 bits per heavy atom. The van der Waals surface area contributed by atoms with Crippen LogP contribution in [-0.2, 0) is 6.42 Å². The van der Waals surface area contributed by atoms with Crippen LogP contribution in [0.3, 0.4) is 0 Å². The quantitative estimate of drug-likeness (QED) is 0.467. The number of benzene rings is 2. The fraction of sp³-hybridized carbons (Fsp3) is 0.238. The van der Waals surface area contributed by atoms with Crippen LogP contribution in [0, 0.1) is 6.92 Å². The normalized spacial score (nSPS) is 15.0. The van der Waals surface area contributed by atoms with Gasteiger partial charge in [-0.2, -0.15) is 4.52 Å². The Kier molecular flexibility index (Phi) is 4.36. The lowest BCUT2D eigenvalue weighted by Crippen LogP contribution is -2.33. The highest BCUT2D eigenvalue weighted by Crippen LogP contribution is 2.44. The molecule has 7 heteroatoms. The molecule has 1 aliphatic heterocycles. The molecule has 1 N–H and O–H groups in total. The minimum Gasteiger partial charge on any atom is -0.492 e. The van der Waals surface area contributed by atoms with Gasteiger partial charge in [0.15, 0.2) is 0 Å². The van der Waals surface area contributed by atoms with Crippen LogP contribution in [0.1, 0.15) is 34.3 Å². The first-order valence-corrected chi connectivity index (χ1v) is 10.9. The molecule has 3 heterocycles. The Balaban J connectivity index is 1.71. The first kappa shape index (κ1) is 17.7. The lowest BCUT2D eigenvalue weighted by atomic mass is 9.96. The molecule has 0 aliphatic carbocycles. The van der Waals surface area contributed by atoms with E-state index in [0.717, 1.165) is 39.3 Å². The van der Waals surface area contributed by atoms with Crippen molar-refractivity contribution in [2.24, 2.45) is 0 Å². The Morgan fingerprint density at radius 2 is 1.93 bits per heavy atom. The predicted octanol–water partition coefficient (Wildman–Crippen LogP) is 5.11. The van der Waals surface area contributed by atoms with Gasteiger partial charge in [-0.3, -0.25) is 0 Å². The summed E-state index contributed by atoms with van der Waals surface area (Å²) in [5.74, 6) is 0.841. The molecule has 4 aromatic rings. The molecule has 0 amide bonds. The third-order valence-electron chi connectivity index (χ3n) is 5.20. The predicted molar refractivity (Wildman–Crippen MR) is 115 cm³/mol. The lowest BCUT2D eigenvalue weighted by Gasteiger charge is -2.37. The van der Waals surface area contributed by atoms with Gasteiger partial charge in [-0.1, -0.05) is 57.6 Å². The third-order valence-corrected chi connectivity index (χ3v) is 6.80. The summed E-state index contributed by atoms with van der Waals surface area (Å²) in [5.41, 5.74) is 3.72. The molecule has 5 nitrogen and oxygen atoms in total. The molecule has 1 atom stereocenters. The number of halogens is 1. The van der Waals surface area contributed by atoms with Gasteiger partial charge in [0.2, 0.25) is 10.8 Å². The van der Waals surface area contributed by atoms with Gasteiger partial charge >= 0.3 is 0 Å². The molecule has 1 aliphatic rings. The Labute approximate surface area is 175 Å². The van der Waals surface area contributed by atoms with E-state index in [-0.39, 0.29) is 11.9 Å². The Morgan fingerprint density at radius 3 is 2.71 bits per heavy atom. The van der Waals surface area contributed by atoms with E-state index in [4.69, 9.17) is 0 Å². The number of aromatic nitrogens is 3. The molecular formula is C21H19BrN4OS. The molecule has 2 aromatic heterocycles. The number of hydrogen-bond acceptors (Lipinski definition) is 5. The van der Waals surface area contributed by atoms with E-state index in [2.05, 4.69) is 79.4 Å². The Bertz CT molecular complexity index is 1150. The summed E-state index contributed by atoms with van der Waals surface area (Å²) in [6.07, 6.45) is 2.17. The summed E-state index contributed by atoms with van der Waals surface area (Å²) >= 11 is 5.04. The Hall–Kier alpha value is -2.38. The minimum absolute atomic E-state index is 0.0941. The molecule has 0 radical (unpaired) electrons. The number of aromatic hydroxyl groups is 1. The first-order valence-electron chi connectivity index (χ1n) is 9.27. The van der Waals surface area contributed by atoms with Crippen LogP contribution in [0.4, 0.5) is 5.69 Å². The van der Waals surface area contributed by atoms with E-state index in [1.165, 1.54) is 22.6 Å². The second-order valence-electron chi connectivity index (χ2n) is 7.02. The zero-order valence-electron chi connectivity index (χ0n) is 15.3. The summed E-state index contributed by atoms with van der Waals surface area (Å²) in [6, 6.07) is 16.8. The van der Waals surface area contributed by atoms with Crippen molar-refractivity contribution in [2.45, 2.75) is 25.8 Å². The van der Waals surface area contributed by atoms with Gasteiger partial charge in [0.25, 0.3) is 0 Å². The van der Waals surface area contributed by atoms with Gasteiger partial charge in [0.1, 0.15) is 5.82 Å². The van der Waals surface area contributed by atoms with Crippen molar-refractivity contribution >= 4 is 37.9 Å². The van der Waals surface area contributed by atoms with Gasteiger partial charge in [-0.05, 0) is 49.1 Å². The van der Waals surface area contributed by atoms with E-state index in [9.17, 15) is 5.11 Å². The second-order valence-corrected chi connectivity index (χ2v) is 8.95. The maximum absolute atomic E-state index is 11.0. The van der Waals surface area contributed by atoms with E-state index in [0.29, 0.717) is 5.82 Å². The van der Waals surface area contributed by atoms with Gasteiger partial charge in [-0.25, -0.2) is 4.98 Å². The summed E-state index contributed by atoms with van der Waals surface area (Å²) < 4.78 is 2.59. The van der Waals surface area contributed by atoms with Gasteiger partial charge < -0.3 is 10.0 Å². The maximum atomic E-state index is 11.0. The molecule has 5 rings (SSSR count). The highest BCUT2D eigenvalue weighted by molar-refractivity contribution is 9.10. The molecule has 0 saturated carbocycles. The van der Waals surface area contributed by atoms with Crippen LogP contribution < -0.4 is 4.90 Å². The number of para-hydroxylation sites is 1. The smallest absolute Gasteiger partial charge is 0.230 e. The van der Waals surface area contributed by atoms with Crippen molar-refractivity contribution in [3.63, 3.8) is 0 Å². The monoisotopic (exact) mass is 454 g/mol. The molecule has 0 bridgehead atoms. The number of thiazole rings is 1. The fourth-order valence-electron chi connectivity index (χ4n) is 3.97. The number of nitrogens with zero attached hydrogens (tertiary/aromatic N) is 4. The average Bonchev–Trinajstić information content (AvgIpc) is 3.21. The minimum atomic E-state index is -0.0941. The van der Waals surface area contributed by atoms with E-state index >= 15 is 0 Å². The number of hydrogen-bond donors (Lipinski definition) is 1. The second kappa shape index (κ2) is 6.90. The largest absolute Gasteiger partial charge is 0.492 e. The fourth-order valence-corrected chi connectivity index (χ4v) is 5.38. The van der Waals surface area contributed by atoms with Crippen LogP contribution in [0.25, 0.3) is 4.96 Å². The summed E-state index contributed by atoms with van der Waals surface area (Å²) in [4.78, 5) is 8.45. The van der Waals surface area contributed by atoms with Crippen molar-refractivity contribution in [1.29, 1.82) is 0 Å². The van der Waals surface area contributed by atoms with Gasteiger partial charge in [-0.15, -0.1) is 5.10 Å². The standard InChI is InChI=1S/C21H19BrN4OS/c1-13-23-21-26(24-13)20(27)19(28-21)18(15-8-10-16(22)11-9-15)25-12-4-6-14-5-2-3-7-17(14)25/h2-3,5,7-11,18,27H,4,6,12H2,1H3. The van der Waals surface area contributed by atoms with Crippen LogP contribution in [0.5, 0.6) is 5.88 Å². The molecule has 28 heavy (non-hydrogen) atoms. The maximum Gasteiger partial charge on any atom is 0.230 e. The number of rotatable bonds is 3. The van der Waals surface area contributed by atoms with Crippen LogP contribution in [0.2, 0.25) is 0 Å². The zero-order chi connectivity index (χ0) is 19.3. The van der Waals surface area contributed by atoms with Gasteiger partial charge in [0.05, 0.1) is 10.9 Å². The van der Waals surface area contributed by atoms with Crippen molar-refractivity contribution < 1.29 is 5.11 Å². The van der Waals surface area contributed by atoms with Gasteiger partial charge in [0, 0.05) is 16.7 Å². The third kappa shape index (κ3) is 2.89. The molecule has 1 unspecified atom stereocenters. The summed E-state index contributed by atoms with van der Waals surface area (Å²) in [7, 11) is 0. The topological polar surface area (TPSA) is 53.7 Å². The molecule has 0 spiro atoms. The van der Waals surface area contributed by atoms with Crippen molar-refractivity contribution in [1.82, 2.24) is 14.6 Å². The highest BCUT2D eigenvalue weighted by atomic mass is 79.9. The van der Waals surface area contributed by atoms with E-state index < -0.39 is 0 Å². The molecule has 0 saturated heterocycles. The van der Waals surface area contributed by atoms with Crippen molar-refractivity contribution in [3.8, 4) is 5.88 Å². The van der Waals surface area contributed by atoms with Crippen molar-refractivity contribution in [3.05, 3.63) is 74.8 Å². The SMILES string of the molecule is Cc1nc2sc(C(c3ccc(Br)cc3)N3CCCc4ccccc43)c(O)n2n1. The molecule has 142 valence electrons. The van der Waals surface area contributed by atoms with Crippen LogP contribution in [0.15, 0.2) is 53.0 Å². The van der Waals surface area contributed by atoms with Crippen LogP contribution in [-0.4, -0.2) is 26.2 Å². The molecule has 2 aromatic carbocycles. The lowest BCUT2D eigenvalue weighted by molar-refractivity contribution is 0.429. The van der Waals surface area contributed by atoms with E-state index in [1.54, 1.807) is 4.52 Å².